The minimum absolute atomic E-state index is 0.142. The van der Waals surface area contributed by atoms with E-state index < -0.39 is 5.60 Å². The first kappa shape index (κ1) is 13.0. The fourth-order valence-corrected chi connectivity index (χ4v) is 2.37. The maximum Gasteiger partial charge on any atom is 0.270 e. The lowest BCUT2D eigenvalue weighted by atomic mass is 9.96. The number of aromatic nitrogens is 3. The third-order valence-corrected chi connectivity index (χ3v) is 3.78. The highest BCUT2D eigenvalue weighted by Gasteiger charge is 2.39. The van der Waals surface area contributed by atoms with Crippen molar-refractivity contribution in [2.45, 2.75) is 25.0 Å². The summed E-state index contributed by atoms with van der Waals surface area (Å²) < 4.78 is 5.33. The zero-order valence-corrected chi connectivity index (χ0v) is 11.1. The Bertz CT molecular complexity index is 641. The summed E-state index contributed by atoms with van der Waals surface area (Å²) in [7, 11) is 0. The molecule has 7 heteroatoms. The van der Waals surface area contributed by atoms with Crippen LogP contribution in [-0.2, 0) is 4.74 Å². The molecule has 1 aliphatic heterocycles. The fourth-order valence-electron chi connectivity index (χ4n) is 2.37. The quantitative estimate of drug-likeness (QED) is 0.745. The standard InChI is InChI=1S/C13H16N4O3/c1-8-13(19,3-5-20-8)6-15-12(18)10-9-2-4-14-11(9)17-7-16-10/h2,4,7-8,19H,3,5-6H2,1H3,(H,15,18)(H,14,16,17). The molecule has 3 rings (SSSR count). The zero-order valence-electron chi connectivity index (χ0n) is 11.1. The summed E-state index contributed by atoms with van der Waals surface area (Å²) in [6.45, 7) is 2.44. The van der Waals surface area contributed by atoms with Gasteiger partial charge < -0.3 is 20.1 Å². The third-order valence-electron chi connectivity index (χ3n) is 3.78. The van der Waals surface area contributed by atoms with Gasteiger partial charge in [-0.25, -0.2) is 9.97 Å². The molecular weight excluding hydrogens is 260 g/mol. The molecule has 2 atom stereocenters. The Kier molecular flexibility index (Phi) is 3.15. The van der Waals surface area contributed by atoms with Crippen LogP contribution in [0.1, 0.15) is 23.8 Å². The molecule has 0 aliphatic carbocycles. The molecule has 0 bridgehead atoms. The van der Waals surface area contributed by atoms with Crippen LogP contribution in [0.5, 0.6) is 0 Å². The van der Waals surface area contributed by atoms with Crippen molar-refractivity contribution in [2.75, 3.05) is 13.2 Å². The summed E-state index contributed by atoms with van der Waals surface area (Å²) in [5, 5.41) is 13.7. The highest BCUT2D eigenvalue weighted by molar-refractivity contribution is 6.03. The van der Waals surface area contributed by atoms with Crippen molar-refractivity contribution in [3.05, 3.63) is 24.3 Å². The topological polar surface area (TPSA) is 100 Å². The number of ether oxygens (including phenoxy) is 1. The van der Waals surface area contributed by atoms with E-state index in [0.717, 1.165) is 0 Å². The minimum atomic E-state index is -1.01. The second-order valence-electron chi connectivity index (χ2n) is 5.01. The molecule has 106 valence electrons. The van der Waals surface area contributed by atoms with Crippen molar-refractivity contribution < 1.29 is 14.6 Å². The predicted octanol–water partition coefficient (Wildman–Crippen LogP) is 0.228. The van der Waals surface area contributed by atoms with E-state index in [1.807, 2.05) is 0 Å². The van der Waals surface area contributed by atoms with Gasteiger partial charge in [0.05, 0.1) is 11.5 Å². The molecule has 2 unspecified atom stereocenters. The number of hydrogen-bond donors (Lipinski definition) is 3. The molecule has 1 amide bonds. The molecule has 3 heterocycles. The number of carbonyl (C=O) groups excluding carboxylic acids is 1. The summed E-state index contributed by atoms with van der Waals surface area (Å²) in [6, 6.07) is 1.75. The monoisotopic (exact) mass is 276 g/mol. The van der Waals surface area contributed by atoms with Crippen LogP contribution in [0.15, 0.2) is 18.6 Å². The molecule has 20 heavy (non-hydrogen) atoms. The van der Waals surface area contributed by atoms with Crippen LogP contribution >= 0.6 is 0 Å². The van der Waals surface area contributed by atoms with Gasteiger partial charge in [-0.3, -0.25) is 4.79 Å². The molecule has 2 aromatic heterocycles. The number of amides is 1. The van der Waals surface area contributed by atoms with Crippen molar-refractivity contribution in [2.24, 2.45) is 0 Å². The lowest BCUT2D eigenvalue weighted by Gasteiger charge is -2.26. The SMILES string of the molecule is CC1OCCC1(O)CNC(=O)c1ncnc2[nH]ccc12. The van der Waals surface area contributed by atoms with Gasteiger partial charge in [0.1, 0.15) is 23.3 Å². The van der Waals surface area contributed by atoms with Gasteiger partial charge in [0.15, 0.2) is 0 Å². The van der Waals surface area contributed by atoms with Crippen molar-refractivity contribution in [1.29, 1.82) is 0 Å². The summed E-state index contributed by atoms with van der Waals surface area (Å²) in [6.07, 6.45) is 3.26. The smallest absolute Gasteiger partial charge is 0.270 e. The number of hydrogen-bond acceptors (Lipinski definition) is 5. The summed E-state index contributed by atoms with van der Waals surface area (Å²) in [4.78, 5) is 23.2. The Morgan fingerprint density at radius 3 is 3.25 bits per heavy atom. The average molecular weight is 276 g/mol. The molecule has 1 aliphatic rings. The average Bonchev–Trinajstić information content (AvgIpc) is 3.04. The number of nitrogens with one attached hydrogen (secondary N) is 2. The number of rotatable bonds is 3. The van der Waals surface area contributed by atoms with Crippen molar-refractivity contribution in [1.82, 2.24) is 20.3 Å². The van der Waals surface area contributed by atoms with Gasteiger partial charge in [-0.1, -0.05) is 0 Å². The molecule has 1 fully saturated rings. The molecule has 0 aromatic carbocycles. The first-order chi connectivity index (χ1) is 9.60. The number of aliphatic hydroxyl groups is 1. The van der Waals surface area contributed by atoms with E-state index in [2.05, 4.69) is 20.3 Å². The van der Waals surface area contributed by atoms with Crippen LogP contribution in [-0.4, -0.2) is 50.8 Å². The highest BCUT2D eigenvalue weighted by atomic mass is 16.5. The first-order valence-electron chi connectivity index (χ1n) is 6.50. The fraction of sp³-hybridized carbons (Fsp3) is 0.462. The number of nitrogens with zero attached hydrogens (tertiary/aromatic N) is 2. The molecule has 0 saturated carbocycles. The van der Waals surface area contributed by atoms with E-state index in [1.165, 1.54) is 6.33 Å². The lowest BCUT2D eigenvalue weighted by Crippen LogP contribution is -2.47. The molecule has 3 N–H and O–H groups in total. The van der Waals surface area contributed by atoms with Gasteiger partial charge >= 0.3 is 0 Å². The second kappa shape index (κ2) is 4.84. The van der Waals surface area contributed by atoms with Crippen LogP contribution in [0.3, 0.4) is 0 Å². The number of aromatic amines is 1. The van der Waals surface area contributed by atoms with Crippen LogP contribution in [0.25, 0.3) is 11.0 Å². The third kappa shape index (κ3) is 2.14. The van der Waals surface area contributed by atoms with Gasteiger partial charge in [0.25, 0.3) is 5.91 Å². The van der Waals surface area contributed by atoms with E-state index in [0.29, 0.717) is 29.8 Å². The maximum absolute atomic E-state index is 12.2. The molecule has 2 aromatic rings. The summed E-state index contributed by atoms with van der Waals surface area (Å²) in [5.41, 5.74) is -0.104. The van der Waals surface area contributed by atoms with E-state index in [1.54, 1.807) is 19.2 Å². The predicted molar refractivity (Wildman–Crippen MR) is 71.2 cm³/mol. The van der Waals surface area contributed by atoms with Crippen LogP contribution < -0.4 is 5.32 Å². The van der Waals surface area contributed by atoms with Crippen LogP contribution in [0, 0.1) is 0 Å². The summed E-state index contributed by atoms with van der Waals surface area (Å²) in [5.74, 6) is -0.329. The Balaban J connectivity index is 1.75. The largest absolute Gasteiger partial charge is 0.385 e. The Hall–Kier alpha value is -1.99. The number of fused-ring (bicyclic) bond motifs is 1. The molecular formula is C13H16N4O3. The highest BCUT2D eigenvalue weighted by Crippen LogP contribution is 2.24. The minimum Gasteiger partial charge on any atom is -0.385 e. The van der Waals surface area contributed by atoms with Gasteiger partial charge in [-0.15, -0.1) is 0 Å². The van der Waals surface area contributed by atoms with Gasteiger partial charge in [-0.05, 0) is 13.0 Å². The van der Waals surface area contributed by atoms with E-state index in [9.17, 15) is 9.90 Å². The number of H-pyrrole nitrogens is 1. The normalized spacial score (nSPS) is 26.0. The maximum atomic E-state index is 12.2. The van der Waals surface area contributed by atoms with Gasteiger partial charge in [0, 0.05) is 25.8 Å². The van der Waals surface area contributed by atoms with Crippen molar-refractivity contribution >= 4 is 16.9 Å². The molecule has 0 radical (unpaired) electrons. The van der Waals surface area contributed by atoms with Crippen LogP contribution in [0.2, 0.25) is 0 Å². The van der Waals surface area contributed by atoms with Gasteiger partial charge in [0.2, 0.25) is 0 Å². The number of carbonyl (C=O) groups is 1. The van der Waals surface area contributed by atoms with E-state index in [4.69, 9.17) is 4.74 Å². The van der Waals surface area contributed by atoms with Gasteiger partial charge in [-0.2, -0.15) is 0 Å². The zero-order chi connectivity index (χ0) is 14.2. The van der Waals surface area contributed by atoms with Crippen molar-refractivity contribution in [3.8, 4) is 0 Å². The Morgan fingerprint density at radius 1 is 1.65 bits per heavy atom. The molecule has 7 nitrogen and oxygen atoms in total. The molecule has 1 saturated heterocycles. The lowest BCUT2D eigenvalue weighted by molar-refractivity contribution is -0.0251. The Labute approximate surface area is 115 Å². The van der Waals surface area contributed by atoms with Crippen LogP contribution in [0.4, 0.5) is 0 Å². The summed E-state index contributed by atoms with van der Waals surface area (Å²) >= 11 is 0. The molecule has 0 spiro atoms. The van der Waals surface area contributed by atoms with E-state index in [-0.39, 0.29) is 18.6 Å². The first-order valence-corrected chi connectivity index (χ1v) is 6.50. The van der Waals surface area contributed by atoms with Crippen molar-refractivity contribution in [3.63, 3.8) is 0 Å². The Morgan fingerprint density at radius 2 is 2.50 bits per heavy atom. The second-order valence-corrected chi connectivity index (χ2v) is 5.01. The van der Waals surface area contributed by atoms with E-state index >= 15 is 0 Å².